The lowest BCUT2D eigenvalue weighted by atomic mass is 9.70. The maximum Gasteiger partial charge on any atom is 0.376 e. The van der Waals surface area contributed by atoms with Gasteiger partial charge in [0.05, 0.1) is 5.69 Å². The molecule has 1 aromatic heterocycles. The van der Waals surface area contributed by atoms with Crippen LogP contribution < -0.4 is 0 Å². The molecule has 1 aromatic rings. The zero-order valence-corrected chi connectivity index (χ0v) is 12.9. The summed E-state index contributed by atoms with van der Waals surface area (Å²) >= 11 is 0. The molecule has 0 aromatic carbocycles. The van der Waals surface area contributed by atoms with Gasteiger partial charge in [-0.1, -0.05) is 20.8 Å². The Hall–Kier alpha value is -1.32. The first-order valence-electron chi connectivity index (χ1n) is 7.41. The minimum absolute atomic E-state index is 0.00597. The lowest BCUT2D eigenvalue weighted by Crippen LogP contribution is -2.38. The summed E-state index contributed by atoms with van der Waals surface area (Å²) in [5, 5.41) is 0. The highest BCUT2D eigenvalue weighted by molar-refractivity contribution is 5.87. The van der Waals surface area contributed by atoms with Crippen LogP contribution in [0.5, 0.6) is 0 Å². The van der Waals surface area contributed by atoms with Crippen LogP contribution in [0.2, 0.25) is 0 Å². The van der Waals surface area contributed by atoms with Crippen LogP contribution in [-0.2, 0) is 4.74 Å². The zero-order valence-electron chi connectivity index (χ0n) is 12.9. The number of fused-ring (bicyclic) bond motifs is 2. The highest BCUT2D eigenvalue weighted by atomic mass is 16.6. The Labute approximate surface area is 119 Å². The third kappa shape index (κ3) is 1.66. The van der Waals surface area contributed by atoms with Gasteiger partial charge < -0.3 is 9.15 Å². The van der Waals surface area contributed by atoms with Crippen molar-refractivity contribution < 1.29 is 13.9 Å². The number of aryl methyl sites for hydroxylation is 2. The Morgan fingerprint density at radius 2 is 2.05 bits per heavy atom. The minimum Gasteiger partial charge on any atom is -0.456 e. The highest BCUT2D eigenvalue weighted by Crippen LogP contribution is 2.66. The Bertz CT molecular complexity index is 560. The monoisotopic (exact) mass is 277 g/mol. The maximum atomic E-state index is 12.3. The molecule has 4 nitrogen and oxygen atoms in total. The van der Waals surface area contributed by atoms with Gasteiger partial charge in [-0.2, -0.15) is 0 Å². The second kappa shape index (κ2) is 4.09. The number of esters is 1. The minimum atomic E-state index is -0.363. The van der Waals surface area contributed by atoms with E-state index in [1.54, 1.807) is 13.8 Å². The lowest BCUT2D eigenvalue weighted by molar-refractivity contribution is -0.0266. The number of carbonyl (C=O) groups excluding carboxylic acids is 1. The second-order valence-corrected chi connectivity index (χ2v) is 7.15. The molecule has 0 radical (unpaired) electrons. The van der Waals surface area contributed by atoms with Gasteiger partial charge in [-0.3, -0.25) is 0 Å². The van der Waals surface area contributed by atoms with Crippen molar-refractivity contribution in [2.45, 2.75) is 60.0 Å². The van der Waals surface area contributed by atoms with Gasteiger partial charge in [0, 0.05) is 12.3 Å². The fourth-order valence-electron chi connectivity index (χ4n) is 4.21. The smallest absolute Gasteiger partial charge is 0.376 e. The fourth-order valence-corrected chi connectivity index (χ4v) is 4.21. The summed E-state index contributed by atoms with van der Waals surface area (Å²) in [5.74, 6) is 1.06. The van der Waals surface area contributed by atoms with Crippen LogP contribution in [0.4, 0.5) is 0 Å². The molecule has 3 unspecified atom stereocenters. The van der Waals surface area contributed by atoms with Crippen molar-refractivity contribution in [1.82, 2.24) is 4.98 Å². The molecule has 3 rings (SSSR count). The predicted octanol–water partition coefficient (Wildman–Crippen LogP) is 3.66. The van der Waals surface area contributed by atoms with Crippen molar-refractivity contribution in [3.8, 4) is 0 Å². The quantitative estimate of drug-likeness (QED) is 0.774. The summed E-state index contributed by atoms with van der Waals surface area (Å²) in [6.45, 7) is 10.4. The number of oxazole rings is 1. The highest BCUT2D eigenvalue weighted by Gasteiger charge is 2.63. The molecule has 2 aliphatic rings. The third-order valence-corrected chi connectivity index (χ3v) is 6.05. The van der Waals surface area contributed by atoms with Gasteiger partial charge in [0.25, 0.3) is 0 Å². The standard InChI is InChI=1S/C16H23NO3/c1-9-13(19-10(2)17-9)14(18)20-12-8-11-6-7-16(12,5)15(11,3)4/h11-12H,6-8H2,1-5H3. The summed E-state index contributed by atoms with van der Waals surface area (Å²) in [7, 11) is 0. The van der Waals surface area contributed by atoms with Crippen LogP contribution in [0.25, 0.3) is 0 Å². The Morgan fingerprint density at radius 3 is 2.50 bits per heavy atom. The Kier molecular flexibility index (Phi) is 2.79. The van der Waals surface area contributed by atoms with Gasteiger partial charge in [-0.15, -0.1) is 0 Å². The first kappa shape index (κ1) is 13.7. The molecule has 2 fully saturated rings. The summed E-state index contributed by atoms with van der Waals surface area (Å²) < 4.78 is 11.2. The van der Waals surface area contributed by atoms with Crippen molar-refractivity contribution in [2.75, 3.05) is 0 Å². The van der Waals surface area contributed by atoms with Crippen molar-refractivity contribution >= 4 is 5.97 Å². The molecule has 0 saturated heterocycles. The first-order chi connectivity index (χ1) is 9.25. The molecular weight excluding hydrogens is 254 g/mol. The van der Waals surface area contributed by atoms with Crippen LogP contribution >= 0.6 is 0 Å². The third-order valence-electron chi connectivity index (χ3n) is 6.05. The van der Waals surface area contributed by atoms with E-state index in [0.29, 0.717) is 17.5 Å². The van der Waals surface area contributed by atoms with Gasteiger partial charge in [0.1, 0.15) is 6.10 Å². The number of hydrogen-bond acceptors (Lipinski definition) is 4. The number of rotatable bonds is 2. The van der Waals surface area contributed by atoms with E-state index < -0.39 is 0 Å². The summed E-state index contributed by atoms with van der Waals surface area (Å²) in [6, 6.07) is 0. The zero-order chi connectivity index (χ0) is 14.7. The predicted molar refractivity (Wildman–Crippen MR) is 74.4 cm³/mol. The average Bonchev–Trinajstić information content (AvgIpc) is 2.86. The van der Waals surface area contributed by atoms with Crippen molar-refractivity contribution in [2.24, 2.45) is 16.7 Å². The number of aromatic nitrogens is 1. The lowest BCUT2D eigenvalue weighted by Gasteiger charge is -2.38. The topological polar surface area (TPSA) is 52.3 Å². The fraction of sp³-hybridized carbons (Fsp3) is 0.750. The van der Waals surface area contributed by atoms with E-state index in [-0.39, 0.29) is 28.7 Å². The van der Waals surface area contributed by atoms with Crippen molar-refractivity contribution in [3.05, 3.63) is 17.3 Å². The number of carbonyl (C=O) groups is 1. The summed E-state index contributed by atoms with van der Waals surface area (Å²) in [5.41, 5.74) is 0.931. The van der Waals surface area contributed by atoms with E-state index in [0.717, 1.165) is 12.8 Å². The number of ether oxygens (including phenoxy) is 1. The molecule has 0 amide bonds. The second-order valence-electron chi connectivity index (χ2n) is 7.15. The van der Waals surface area contributed by atoms with Crippen LogP contribution in [-0.4, -0.2) is 17.1 Å². The molecule has 20 heavy (non-hydrogen) atoms. The Morgan fingerprint density at radius 1 is 1.35 bits per heavy atom. The van der Waals surface area contributed by atoms with E-state index in [2.05, 4.69) is 25.8 Å². The summed E-state index contributed by atoms with van der Waals surface area (Å²) in [4.78, 5) is 16.4. The van der Waals surface area contributed by atoms with E-state index in [9.17, 15) is 4.79 Å². The van der Waals surface area contributed by atoms with E-state index in [1.165, 1.54) is 6.42 Å². The van der Waals surface area contributed by atoms with Gasteiger partial charge in [0.2, 0.25) is 5.76 Å². The molecule has 0 aliphatic heterocycles. The Balaban J connectivity index is 1.80. The molecule has 2 bridgehead atoms. The largest absolute Gasteiger partial charge is 0.456 e. The van der Waals surface area contributed by atoms with E-state index in [4.69, 9.17) is 9.15 Å². The van der Waals surface area contributed by atoms with Crippen LogP contribution in [0.1, 0.15) is 62.2 Å². The van der Waals surface area contributed by atoms with Crippen LogP contribution in [0.3, 0.4) is 0 Å². The molecule has 0 N–H and O–H groups in total. The normalized spacial score (nSPS) is 34.5. The van der Waals surface area contributed by atoms with Gasteiger partial charge in [-0.05, 0) is 37.5 Å². The maximum absolute atomic E-state index is 12.3. The summed E-state index contributed by atoms with van der Waals surface area (Å²) in [6.07, 6.45) is 3.35. The molecule has 0 spiro atoms. The van der Waals surface area contributed by atoms with Gasteiger partial charge in [0.15, 0.2) is 5.89 Å². The van der Waals surface area contributed by atoms with Crippen LogP contribution in [0, 0.1) is 30.6 Å². The van der Waals surface area contributed by atoms with Crippen molar-refractivity contribution in [3.63, 3.8) is 0 Å². The van der Waals surface area contributed by atoms with Crippen molar-refractivity contribution in [1.29, 1.82) is 0 Å². The molecule has 1 heterocycles. The molecular formula is C16H23NO3. The van der Waals surface area contributed by atoms with E-state index >= 15 is 0 Å². The van der Waals surface area contributed by atoms with E-state index in [1.807, 2.05) is 0 Å². The SMILES string of the molecule is Cc1nc(C)c(C(=O)OC2CC3CCC2(C)C3(C)C)o1. The van der Waals surface area contributed by atoms with Gasteiger partial charge in [-0.25, -0.2) is 9.78 Å². The molecule has 110 valence electrons. The number of hydrogen-bond donors (Lipinski definition) is 0. The molecule has 2 aliphatic carbocycles. The average molecular weight is 277 g/mol. The van der Waals surface area contributed by atoms with Gasteiger partial charge >= 0.3 is 5.97 Å². The first-order valence-corrected chi connectivity index (χ1v) is 7.41. The molecule has 3 atom stereocenters. The van der Waals surface area contributed by atoms with Crippen LogP contribution in [0.15, 0.2) is 4.42 Å². The number of nitrogens with zero attached hydrogens (tertiary/aromatic N) is 1. The molecule has 2 saturated carbocycles. The molecule has 4 heteroatoms.